The van der Waals surface area contributed by atoms with Gasteiger partial charge in [-0.15, -0.1) is 0 Å². The Balaban J connectivity index is 1.75. The van der Waals surface area contributed by atoms with E-state index in [-0.39, 0.29) is 17.2 Å². The average Bonchev–Trinajstić information content (AvgIpc) is 3.10. The number of carbonyl (C=O) groups is 1. The molecule has 5 rings (SSSR count). The van der Waals surface area contributed by atoms with Crippen molar-refractivity contribution in [1.82, 2.24) is 9.47 Å². The van der Waals surface area contributed by atoms with Crippen molar-refractivity contribution in [2.24, 2.45) is 5.41 Å². The summed E-state index contributed by atoms with van der Waals surface area (Å²) in [5.74, 6) is -0.234. The first-order chi connectivity index (χ1) is 15.5. The molecule has 0 N–H and O–H groups in total. The molecule has 3 aliphatic heterocycles. The van der Waals surface area contributed by atoms with Crippen LogP contribution in [-0.4, -0.2) is 42.2 Å². The molecule has 0 radical (unpaired) electrons. The van der Waals surface area contributed by atoms with Crippen LogP contribution in [0, 0.1) is 5.41 Å². The molecule has 4 heterocycles. The minimum absolute atomic E-state index is 0.106. The van der Waals surface area contributed by atoms with Crippen molar-refractivity contribution >= 4 is 22.6 Å². The first kappa shape index (κ1) is 13.0. The highest BCUT2D eigenvalue weighted by Gasteiger charge is 2.51. The van der Waals surface area contributed by atoms with Crippen molar-refractivity contribution in [3.8, 4) is 5.75 Å². The van der Waals surface area contributed by atoms with Gasteiger partial charge in [0.05, 0.1) is 28.0 Å². The van der Waals surface area contributed by atoms with E-state index in [1.165, 1.54) is 5.56 Å². The fourth-order valence-corrected chi connectivity index (χ4v) is 5.68. The maximum atomic E-state index is 13.4. The van der Waals surface area contributed by atoms with Gasteiger partial charge in [0.15, 0.2) is 0 Å². The standard InChI is InChI=1S/C23H28N2O3/c1-4-23-10-6-11-24-12-9-16-17-13-15(27-3)7-8-18(17)25(20(16)21(23)24)19(14-23)22(26)28-5-2/h7-8,13-14,21H,4-6,9-12H2,1-3H3/t21?,23-/m0/s1/i2D3,5D2. The van der Waals surface area contributed by atoms with Crippen molar-refractivity contribution in [2.45, 2.75) is 45.5 Å². The van der Waals surface area contributed by atoms with Gasteiger partial charge in [0.2, 0.25) is 0 Å². The molecular weight excluding hydrogens is 352 g/mol. The normalized spacial score (nSPS) is 29.6. The molecule has 0 aliphatic carbocycles. The molecule has 2 aromatic rings. The zero-order valence-electron chi connectivity index (χ0n) is 21.2. The van der Waals surface area contributed by atoms with Gasteiger partial charge in [0.1, 0.15) is 11.4 Å². The number of esters is 1. The summed E-state index contributed by atoms with van der Waals surface area (Å²) in [6.07, 6.45) is 5.47. The second kappa shape index (κ2) is 6.38. The summed E-state index contributed by atoms with van der Waals surface area (Å²) in [7, 11) is 1.62. The number of aromatic nitrogens is 1. The van der Waals surface area contributed by atoms with Crippen LogP contribution in [0.2, 0.25) is 0 Å². The van der Waals surface area contributed by atoms with Gasteiger partial charge in [-0.05, 0) is 68.9 Å². The molecule has 1 fully saturated rings. The lowest BCUT2D eigenvalue weighted by atomic mass is 9.66. The van der Waals surface area contributed by atoms with E-state index >= 15 is 0 Å². The van der Waals surface area contributed by atoms with Crippen LogP contribution in [0.15, 0.2) is 24.3 Å². The van der Waals surface area contributed by atoms with E-state index in [1.54, 1.807) is 7.11 Å². The summed E-state index contributed by atoms with van der Waals surface area (Å²) >= 11 is 0. The molecule has 148 valence electrons. The largest absolute Gasteiger partial charge is 0.497 e. The summed E-state index contributed by atoms with van der Waals surface area (Å²) in [4.78, 5) is 15.9. The van der Waals surface area contributed by atoms with Crippen LogP contribution >= 0.6 is 0 Å². The van der Waals surface area contributed by atoms with Crippen molar-refractivity contribution < 1.29 is 21.1 Å². The molecule has 5 heteroatoms. The van der Waals surface area contributed by atoms with Gasteiger partial charge >= 0.3 is 5.97 Å². The third-order valence-corrected chi connectivity index (χ3v) is 6.90. The molecule has 0 saturated carbocycles. The Labute approximate surface area is 172 Å². The number of hydrogen-bond donors (Lipinski definition) is 0. The molecule has 1 unspecified atom stereocenters. The van der Waals surface area contributed by atoms with Crippen LogP contribution in [0.25, 0.3) is 16.6 Å². The number of benzene rings is 1. The number of ether oxygens (including phenoxy) is 2. The van der Waals surface area contributed by atoms with Crippen LogP contribution in [0.3, 0.4) is 0 Å². The molecule has 28 heavy (non-hydrogen) atoms. The third-order valence-electron chi connectivity index (χ3n) is 6.90. The lowest BCUT2D eigenvalue weighted by molar-refractivity contribution is -0.136. The smallest absolute Gasteiger partial charge is 0.354 e. The molecule has 0 bridgehead atoms. The predicted octanol–water partition coefficient (Wildman–Crippen LogP) is 4.16. The maximum Gasteiger partial charge on any atom is 0.354 e. The fourth-order valence-electron chi connectivity index (χ4n) is 5.68. The SMILES string of the molecule is [2H]C([2H])([2H])C([2H])([2H])OC(=O)C1=C[C@]2(CC)CCCN3CCc4c(n1c1ccc(OC)cc41)C32. The summed E-state index contributed by atoms with van der Waals surface area (Å²) in [6, 6.07) is 5.82. The van der Waals surface area contributed by atoms with Gasteiger partial charge < -0.3 is 14.0 Å². The Morgan fingerprint density at radius 3 is 3.11 bits per heavy atom. The lowest BCUT2D eigenvalue weighted by Gasteiger charge is -2.53. The first-order valence-corrected chi connectivity index (χ1v) is 9.95. The van der Waals surface area contributed by atoms with Crippen LogP contribution in [0.4, 0.5) is 0 Å². The summed E-state index contributed by atoms with van der Waals surface area (Å²) in [6.45, 7) is -2.14. The van der Waals surface area contributed by atoms with Crippen LogP contribution < -0.4 is 4.74 Å². The zero-order valence-corrected chi connectivity index (χ0v) is 16.2. The molecule has 1 aromatic heterocycles. The number of fused-ring (bicyclic) bond motifs is 3. The molecule has 0 spiro atoms. The van der Waals surface area contributed by atoms with E-state index in [4.69, 9.17) is 16.3 Å². The monoisotopic (exact) mass is 385 g/mol. The number of rotatable bonds is 4. The minimum Gasteiger partial charge on any atom is -0.497 e. The quantitative estimate of drug-likeness (QED) is 0.742. The van der Waals surface area contributed by atoms with Crippen molar-refractivity contribution in [3.05, 3.63) is 35.5 Å². The molecule has 1 saturated heterocycles. The van der Waals surface area contributed by atoms with Crippen LogP contribution in [0.5, 0.6) is 5.75 Å². The summed E-state index contributed by atoms with van der Waals surface area (Å²) in [5.41, 5.74) is 2.91. The number of hydrogen-bond acceptors (Lipinski definition) is 4. The second-order valence-electron chi connectivity index (χ2n) is 7.98. The minimum atomic E-state index is -3.09. The topological polar surface area (TPSA) is 43.7 Å². The molecular formula is C23H28N2O3. The number of carbonyl (C=O) groups excluding carboxylic acids is 1. The maximum absolute atomic E-state index is 13.4. The summed E-state index contributed by atoms with van der Waals surface area (Å²) in [5, 5.41) is 0.999. The van der Waals surface area contributed by atoms with Gasteiger partial charge in [-0.2, -0.15) is 0 Å². The van der Waals surface area contributed by atoms with Gasteiger partial charge in [0.25, 0.3) is 0 Å². The average molecular weight is 386 g/mol. The van der Waals surface area contributed by atoms with E-state index in [9.17, 15) is 4.79 Å². The van der Waals surface area contributed by atoms with Gasteiger partial charge in [-0.25, -0.2) is 4.79 Å². The predicted molar refractivity (Wildman–Crippen MR) is 109 cm³/mol. The Morgan fingerprint density at radius 1 is 1.43 bits per heavy atom. The highest BCUT2D eigenvalue weighted by molar-refractivity contribution is 6.13. The molecule has 5 nitrogen and oxygen atoms in total. The van der Waals surface area contributed by atoms with Crippen LogP contribution in [0.1, 0.15) is 57.2 Å². The zero-order chi connectivity index (χ0) is 23.8. The van der Waals surface area contributed by atoms with E-state index in [0.29, 0.717) is 0 Å². The number of methoxy groups -OCH3 is 1. The molecule has 1 aromatic carbocycles. The Kier molecular flexibility index (Phi) is 2.97. The molecule has 0 amide bonds. The van der Waals surface area contributed by atoms with E-state index in [0.717, 1.165) is 61.1 Å². The lowest BCUT2D eigenvalue weighted by Crippen LogP contribution is -2.51. The van der Waals surface area contributed by atoms with Gasteiger partial charge in [-0.1, -0.05) is 6.92 Å². The van der Waals surface area contributed by atoms with Crippen molar-refractivity contribution in [1.29, 1.82) is 0 Å². The number of piperidine rings is 1. The van der Waals surface area contributed by atoms with Gasteiger partial charge in [-0.3, -0.25) is 4.90 Å². The van der Waals surface area contributed by atoms with E-state index < -0.39 is 19.4 Å². The van der Waals surface area contributed by atoms with E-state index in [2.05, 4.69) is 11.8 Å². The molecule has 2 atom stereocenters. The first-order valence-electron chi connectivity index (χ1n) is 12.4. The van der Waals surface area contributed by atoms with E-state index in [1.807, 2.05) is 28.8 Å². The second-order valence-corrected chi connectivity index (χ2v) is 7.98. The van der Waals surface area contributed by atoms with Crippen LogP contribution in [-0.2, 0) is 16.0 Å². The number of nitrogens with zero attached hydrogens (tertiary/aromatic N) is 2. The highest BCUT2D eigenvalue weighted by atomic mass is 16.5. The third kappa shape index (κ3) is 2.26. The Hall–Kier alpha value is -2.27. The Bertz CT molecular complexity index is 1170. The van der Waals surface area contributed by atoms with Crippen molar-refractivity contribution in [3.63, 3.8) is 0 Å². The molecule has 3 aliphatic rings. The Morgan fingerprint density at radius 2 is 2.32 bits per heavy atom. The summed E-state index contributed by atoms with van der Waals surface area (Å²) < 4.78 is 50.4. The fraction of sp³-hybridized carbons (Fsp3) is 0.522. The highest BCUT2D eigenvalue weighted by Crippen LogP contribution is 2.57. The van der Waals surface area contributed by atoms with Gasteiger partial charge in [0, 0.05) is 27.2 Å². The van der Waals surface area contributed by atoms with Crippen molar-refractivity contribution in [2.75, 3.05) is 26.8 Å².